The molecule has 0 heterocycles. The molecule has 1 aromatic rings. The molecule has 0 aromatic heterocycles. The second-order valence-electron chi connectivity index (χ2n) is 4.74. The van der Waals surface area contributed by atoms with Gasteiger partial charge in [0.05, 0.1) is 13.2 Å². The minimum Gasteiger partial charge on any atom is -0.465 e. The third-order valence-corrected chi connectivity index (χ3v) is 3.17. The Morgan fingerprint density at radius 1 is 1.05 bits per heavy atom. The van der Waals surface area contributed by atoms with Crippen molar-refractivity contribution in [1.82, 2.24) is 0 Å². The van der Waals surface area contributed by atoms with Gasteiger partial charge in [0.15, 0.2) is 5.92 Å². The summed E-state index contributed by atoms with van der Waals surface area (Å²) in [4.78, 5) is 23.8. The van der Waals surface area contributed by atoms with Crippen molar-refractivity contribution < 1.29 is 23.5 Å². The van der Waals surface area contributed by atoms with Crippen LogP contribution >= 0.6 is 0 Å². The lowest BCUT2D eigenvalue weighted by atomic mass is 9.90. The van der Waals surface area contributed by atoms with Gasteiger partial charge in [0.25, 0.3) is 0 Å². The topological polar surface area (TPSA) is 52.6 Å². The van der Waals surface area contributed by atoms with Crippen LogP contribution < -0.4 is 0 Å². The molecular weight excluding hydrogens is 275 g/mol. The van der Waals surface area contributed by atoms with Crippen molar-refractivity contribution >= 4 is 11.9 Å². The van der Waals surface area contributed by atoms with Crippen LogP contribution in [0.3, 0.4) is 0 Å². The average Bonchev–Trinajstić information content (AvgIpc) is 2.45. The molecule has 0 aliphatic rings. The Balaban J connectivity index is 2.81. The van der Waals surface area contributed by atoms with Crippen molar-refractivity contribution in [1.29, 1.82) is 0 Å². The molecule has 0 amide bonds. The summed E-state index contributed by atoms with van der Waals surface area (Å²) in [6, 6.07) is 6.01. The SMILES string of the molecule is CCOC(=O)C(CC(C)c1ccc(F)cc1)C(=O)OCC. The zero-order chi connectivity index (χ0) is 15.8. The summed E-state index contributed by atoms with van der Waals surface area (Å²) in [5.74, 6) is -2.53. The van der Waals surface area contributed by atoms with E-state index >= 15 is 0 Å². The summed E-state index contributed by atoms with van der Waals surface area (Å²) >= 11 is 0. The molecule has 0 N–H and O–H groups in total. The van der Waals surface area contributed by atoms with E-state index in [1.165, 1.54) is 12.1 Å². The van der Waals surface area contributed by atoms with Crippen molar-refractivity contribution in [2.24, 2.45) is 5.92 Å². The molecule has 4 nitrogen and oxygen atoms in total. The van der Waals surface area contributed by atoms with Gasteiger partial charge in [0.2, 0.25) is 0 Å². The van der Waals surface area contributed by atoms with E-state index in [2.05, 4.69) is 0 Å². The molecule has 0 aliphatic carbocycles. The highest BCUT2D eigenvalue weighted by Gasteiger charge is 2.31. The molecule has 0 fully saturated rings. The zero-order valence-corrected chi connectivity index (χ0v) is 12.6. The Morgan fingerprint density at radius 3 is 1.95 bits per heavy atom. The van der Waals surface area contributed by atoms with Crippen molar-refractivity contribution in [2.45, 2.75) is 33.1 Å². The molecule has 0 spiro atoms. The molecule has 1 rings (SSSR count). The number of hydrogen-bond donors (Lipinski definition) is 0. The molecule has 0 saturated heterocycles. The molecule has 1 atom stereocenters. The number of benzene rings is 1. The molecule has 5 heteroatoms. The second-order valence-corrected chi connectivity index (χ2v) is 4.74. The summed E-state index contributed by atoms with van der Waals surface area (Å²) in [6.45, 7) is 5.66. The van der Waals surface area contributed by atoms with E-state index in [0.29, 0.717) is 0 Å². The third kappa shape index (κ3) is 5.17. The van der Waals surface area contributed by atoms with Crippen LogP contribution in [0.15, 0.2) is 24.3 Å². The zero-order valence-electron chi connectivity index (χ0n) is 12.6. The standard InChI is InChI=1S/C16H21FO4/c1-4-20-15(18)14(16(19)21-5-2)10-11(3)12-6-8-13(17)9-7-12/h6-9,11,14H,4-5,10H2,1-3H3. The van der Waals surface area contributed by atoms with Crippen LogP contribution in [0.4, 0.5) is 4.39 Å². The predicted molar refractivity (Wildman–Crippen MR) is 76.2 cm³/mol. The number of halogens is 1. The Kier molecular flexibility index (Phi) is 6.85. The van der Waals surface area contributed by atoms with Gasteiger partial charge in [-0.2, -0.15) is 0 Å². The van der Waals surface area contributed by atoms with Crippen LogP contribution in [-0.2, 0) is 19.1 Å². The van der Waals surface area contributed by atoms with E-state index in [9.17, 15) is 14.0 Å². The van der Waals surface area contributed by atoms with E-state index in [-0.39, 0.29) is 31.4 Å². The first kappa shape index (κ1) is 17.1. The van der Waals surface area contributed by atoms with Gasteiger partial charge in [-0.05, 0) is 43.9 Å². The lowest BCUT2D eigenvalue weighted by Gasteiger charge is -2.18. The molecule has 0 saturated carbocycles. The van der Waals surface area contributed by atoms with Gasteiger partial charge in [-0.15, -0.1) is 0 Å². The summed E-state index contributed by atoms with van der Waals surface area (Å²) in [6.07, 6.45) is 0.267. The molecule has 21 heavy (non-hydrogen) atoms. The minimum atomic E-state index is -0.954. The lowest BCUT2D eigenvalue weighted by molar-refractivity contribution is -0.162. The van der Waals surface area contributed by atoms with Crippen LogP contribution in [0.5, 0.6) is 0 Å². The Hall–Kier alpha value is -1.91. The molecule has 116 valence electrons. The predicted octanol–water partition coefficient (Wildman–Crippen LogP) is 3.06. The van der Waals surface area contributed by atoms with Crippen molar-refractivity contribution in [2.75, 3.05) is 13.2 Å². The van der Waals surface area contributed by atoms with E-state index in [4.69, 9.17) is 9.47 Å². The van der Waals surface area contributed by atoms with E-state index in [1.54, 1.807) is 26.0 Å². The fourth-order valence-corrected chi connectivity index (χ4v) is 2.06. The Labute approximate surface area is 124 Å². The second kappa shape index (κ2) is 8.39. The minimum absolute atomic E-state index is 0.0931. The first-order valence-corrected chi connectivity index (χ1v) is 7.08. The van der Waals surface area contributed by atoms with Crippen molar-refractivity contribution in [3.63, 3.8) is 0 Å². The fraction of sp³-hybridized carbons (Fsp3) is 0.500. The fourth-order valence-electron chi connectivity index (χ4n) is 2.06. The summed E-state index contributed by atoms with van der Waals surface area (Å²) < 4.78 is 22.8. The van der Waals surface area contributed by atoms with Gasteiger partial charge in [0, 0.05) is 0 Å². The number of rotatable bonds is 7. The van der Waals surface area contributed by atoms with Gasteiger partial charge in [0.1, 0.15) is 5.82 Å². The normalized spacial score (nSPS) is 12.0. The lowest BCUT2D eigenvalue weighted by Crippen LogP contribution is -2.29. The number of carbonyl (C=O) groups is 2. The van der Waals surface area contributed by atoms with Gasteiger partial charge in [-0.25, -0.2) is 4.39 Å². The number of esters is 2. The molecule has 0 bridgehead atoms. The van der Waals surface area contributed by atoms with Gasteiger partial charge in [-0.3, -0.25) is 9.59 Å². The molecule has 0 radical (unpaired) electrons. The Morgan fingerprint density at radius 2 is 1.52 bits per heavy atom. The van der Waals surface area contributed by atoms with E-state index < -0.39 is 17.9 Å². The maximum atomic E-state index is 12.9. The number of hydrogen-bond acceptors (Lipinski definition) is 4. The number of carbonyl (C=O) groups excluding carboxylic acids is 2. The molecular formula is C16H21FO4. The van der Waals surface area contributed by atoms with Crippen LogP contribution in [0.25, 0.3) is 0 Å². The largest absolute Gasteiger partial charge is 0.465 e. The van der Waals surface area contributed by atoms with Crippen LogP contribution in [0.2, 0.25) is 0 Å². The third-order valence-electron chi connectivity index (χ3n) is 3.17. The monoisotopic (exact) mass is 296 g/mol. The first-order valence-electron chi connectivity index (χ1n) is 7.08. The smallest absolute Gasteiger partial charge is 0.320 e. The summed E-state index contributed by atoms with van der Waals surface area (Å²) in [5, 5.41) is 0. The highest BCUT2D eigenvalue weighted by atomic mass is 19.1. The molecule has 1 aromatic carbocycles. The quantitative estimate of drug-likeness (QED) is 0.573. The highest BCUT2D eigenvalue weighted by Crippen LogP contribution is 2.25. The van der Waals surface area contributed by atoms with Crippen LogP contribution in [0, 0.1) is 11.7 Å². The summed E-state index contributed by atoms with van der Waals surface area (Å²) in [5.41, 5.74) is 0.856. The first-order chi connectivity index (χ1) is 9.99. The number of ether oxygens (including phenoxy) is 2. The maximum Gasteiger partial charge on any atom is 0.320 e. The van der Waals surface area contributed by atoms with Crippen LogP contribution in [-0.4, -0.2) is 25.2 Å². The molecule has 1 unspecified atom stereocenters. The van der Waals surface area contributed by atoms with E-state index in [1.807, 2.05) is 6.92 Å². The maximum absolute atomic E-state index is 12.9. The van der Waals surface area contributed by atoms with Gasteiger partial charge in [-0.1, -0.05) is 19.1 Å². The average molecular weight is 296 g/mol. The molecule has 0 aliphatic heterocycles. The van der Waals surface area contributed by atoms with Gasteiger partial charge >= 0.3 is 11.9 Å². The van der Waals surface area contributed by atoms with Crippen LogP contribution in [0.1, 0.15) is 38.7 Å². The Bertz CT molecular complexity index is 452. The highest BCUT2D eigenvalue weighted by molar-refractivity contribution is 5.95. The summed E-state index contributed by atoms with van der Waals surface area (Å²) in [7, 11) is 0. The van der Waals surface area contributed by atoms with Gasteiger partial charge < -0.3 is 9.47 Å². The van der Waals surface area contributed by atoms with Crippen molar-refractivity contribution in [3.8, 4) is 0 Å². The van der Waals surface area contributed by atoms with Crippen molar-refractivity contribution in [3.05, 3.63) is 35.6 Å². The van der Waals surface area contributed by atoms with E-state index in [0.717, 1.165) is 5.56 Å².